The molecule has 0 aliphatic rings. The second-order valence-electron chi connectivity index (χ2n) is 9.50. The Bertz CT molecular complexity index is 1620. The molecular formula is C37H28S. The van der Waals surface area contributed by atoms with Gasteiger partial charge in [-0.25, -0.2) is 0 Å². The van der Waals surface area contributed by atoms with Gasteiger partial charge in [0.05, 0.1) is 5.25 Å². The molecule has 0 N–H and O–H groups in total. The van der Waals surface area contributed by atoms with Crippen LogP contribution in [0, 0.1) is 0 Å². The number of hydrogen-bond acceptors (Lipinski definition) is 1. The number of benzene rings is 6. The molecule has 0 bridgehead atoms. The van der Waals surface area contributed by atoms with Gasteiger partial charge in [-0.1, -0.05) is 158 Å². The lowest BCUT2D eigenvalue weighted by Crippen LogP contribution is -1.94. The Morgan fingerprint density at radius 2 is 0.579 bits per heavy atom. The van der Waals surface area contributed by atoms with Crippen LogP contribution in [0.3, 0.4) is 0 Å². The molecule has 1 atom stereocenters. The van der Waals surface area contributed by atoms with Gasteiger partial charge in [0.25, 0.3) is 0 Å². The van der Waals surface area contributed by atoms with E-state index in [-0.39, 0.29) is 5.25 Å². The van der Waals surface area contributed by atoms with Gasteiger partial charge in [-0.2, -0.15) is 12.6 Å². The van der Waals surface area contributed by atoms with E-state index in [1.807, 2.05) is 6.07 Å². The Labute approximate surface area is 230 Å². The van der Waals surface area contributed by atoms with Crippen LogP contribution in [-0.4, -0.2) is 0 Å². The minimum atomic E-state index is 0.0166. The zero-order valence-electron chi connectivity index (χ0n) is 21.0. The number of thiol groups is 1. The molecule has 0 aromatic heterocycles. The van der Waals surface area contributed by atoms with Crippen LogP contribution in [0.2, 0.25) is 0 Å². The van der Waals surface area contributed by atoms with E-state index in [1.54, 1.807) is 0 Å². The molecule has 182 valence electrons. The van der Waals surface area contributed by atoms with Gasteiger partial charge >= 0.3 is 0 Å². The zero-order valence-corrected chi connectivity index (χ0v) is 21.9. The summed E-state index contributed by atoms with van der Waals surface area (Å²) < 4.78 is 0. The molecule has 0 nitrogen and oxygen atoms in total. The molecule has 0 saturated carbocycles. The third-order valence-corrected chi connectivity index (χ3v) is 7.70. The maximum Gasteiger partial charge on any atom is 0.0516 e. The Balaban J connectivity index is 1.20. The first-order valence-electron chi connectivity index (χ1n) is 12.9. The molecule has 0 unspecified atom stereocenters. The Morgan fingerprint density at radius 3 is 1.03 bits per heavy atom. The molecule has 6 aromatic rings. The second kappa shape index (κ2) is 11.0. The minimum Gasteiger partial charge on any atom is -0.166 e. The molecule has 6 rings (SSSR count). The lowest BCUT2D eigenvalue weighted by Gasteiger charge is -2.15. The maximum absolute atomic E-state index is 4.98. The van der Waals surface area contributed by atoms with E-state index in [0.29, 0.717) is 0 Å². The Kier molecular flexibility index (Phi) is 6.93. The fraction of sp³-hybridized carbons (Fsp3) is 0.0270. The summed E-state index contributed by atoms with van der Waals surface area (Å²) >= 11 is 4.98. The van der Waals surface area contributed by atoms with E-state index in [2.05, 4.69) is 152 Å². The van der Waals surface area contributed by atoms with Gasteiger partial charge < -0.3 is 0 Å². The average molecular weight is 505 g/mol. The summed E-state index contributed by atoms with van der Waals surface area (Å²) in [5.74, 6) is 0. The van der Waals surface area contributed by atoms with Gasteiger partial charge in [-0.05, 0) is 55.6 Å². The summed E-state index contributed by atoms with van der Waals surface area (Å²) in [6.45, 7) is 0. The third-order valence-electron chi connectivity index (χ3n) is 7.10. The van der Waals surface area contributed by atoms with Crippen molar-refractivity contribution in [2.75, 3.05) is 0 Å². The Morgan fingerprint density at radius 1 is 0.289 bits per heavy atom. The highest BCUT2D eigenvalue weighted by Crippen LogP contribution is 2.35. The molecule has 0 amide bonds. The standard InChI is InChI=1S/C37H28S/c38-37(33-23-19-30(20-24-33)29-17-15-28(16-18-29)27-9-3-1-4-10-27)34-25-21-32(22-26-34)36-14-8-7-13-35(36)31-11-5-2-6-12-31/h1-26,37-38H/t37-/m1/s1. The maximum atomic E-state index is 4.98. The Hall–Kier alpha value is -4.33. The first-order chi connectivity index (χ1) is 18.8. The van der Waals surface area contributed by atoms with Crippen LogP contribution in [0.25, 0.3) is 44.5 Å². The predicted octanol–water partition coefficient (Wildman–Crippen LogP) is 10.4. The van der Waals surface area contributed by atoms with E-state index in [1.165, 1.54) is 55.6 Å². The normalized spacial score (nSPS) is 11.7. The molecule has 0 aliphatic heterocycles. The van der Waals surface area contributed by atoms with Gasteiger partial charge in [0.15, 0.2) is 0 Å². The van der Waals surface area contributed by atoms with E-state index < -0.39 is 0 Å². The first kappa shape index (κ1) is 24.0. The SMILES string of the molecule is S[C@H](c1ccc(-c2ccc(-c3ccccc3)cc2)cc1)c1ccc(-c2ccccc2-c2ccccc2)cc1. The van der Waals surface area contributed by atoms with Gasteiger partial charge in [0.1, 0.15) is 0 Å². The minimum absolute atomic E-state index is 0.0166. The van der Waals surface area contributed by atoms with Crippen molar-refractivity contribution >= 4 is 12.6 Å². The zero-order chi connectivity index (χ0) is 25.7. The van der Waals surface area contributed by atoms with Crippen LogP contribution in [-0.2, 0) is 0 Å². The van der Waals surface area contributed by atoms with Gasteiger partial charge in [-0.3, -0.25) is 0 Å². The summed E-state index contributed by atoms with van der Waals surface area (Å²) in [6.07, 6.45) is 0. The van der Waals surface area contributed by atoms with Crippen molar-refractivity contribution < 1.29 is 0 Å². The van der Waals surface area contributed by atoms with Crippen molar-refractivity contribution in [1.82, 2.24) is 0 Å². The van der Waals surface area contributed by atoms with E-state index in [4.69, 9.17) is 12.6 Å². The summed E-state index contributed by atoms with van der Waals surface area (Å²) in [4.78, 5) is 0. The fourth-order valence-electron chi connectivity index (χ4n) is 4.99. The van der Waals surface area contributed by atoms with Crippen LogP contribution in [0.4, 0.5) is 0 Å². The molecule has 6 aromatic carbocycles. The molecular weight excluding hydrogens is 476 g/mol. The van der Waals surface area contributed by atoms with E-state index >= 15 is 0 Å². The first-order valence-corrected chi connectivity index (χ1v) is 13.5. The van der Waals surface area contributed by atoms with Crippen molar-refractivity contribution in [2.24, 2.45) is 0 Å². The van der Waals surface area contributed by atoms with Crippen molar-refractivity contribution in [1.29, 1.82) is 0 Å². The van der Waals surface area contributed by atoms with Crippen LogP contribution in [0.5, 0.6) is 0 Å². The summed E-state index contributed by atoms with van der Waals surface area (Å²) in [6, 6.07) is 56.0. The third kappa shape index (κ3) is 5.07. The van der Waals surface area contributed by atoms with Crippen LogP contribution >= 0.6 is 12.6 Å². The van der Waals surface area contributed by atoms with Crippen molar-refractivity contribution in [3.05, 3.63) is 169 Å². The fourth-order valence-corrected chi connectivity index (χ4v) is 5.33. The molecule has 0 saturated heterocycles. The summed E-state index contributed by atoms with van der Waals surface area (Å²) in [7, 11) is 0. The molecule has 0 heterocycles. The molecule has 0 fully saturated rings. The topological polar surface area (TPSA) is 0 Å². The summed E-state index contributed by atoms with van der Waals surface area (Å²) in [5, 5.41) is 0.0166. The molecule has 0 radical (unpaired) electrons. The average Bonchev–Trinajstić information content (AvgIpc) is 3.02. The molecule has 0 aliphatic carbocycles. The highest BCUT2D eigenvalue weighted by Gasteiger charge is 2.12. The molecule has 38 heavy (non-hydrogen) atoms. The highest BCUT2D eigenvalue weighted by molar-refractivity contribution is 7.80. The lowest BCUT2D eigenvalue weighted by molar-refractivity contribution is 1.17. The quantitative estimate of drug-likeness (QED) is 0.214. The van der Waals surface area contributed by atoms with E-state index in [9.17, 15) is 0 Å². The van der Waals surface area contributed by atoms with E-state index in [0.717, 1.165) is 0 Å². The number of hydrogen-bond donors (Lipinski definition) is 1. The lowest BCUT2D eigenvalue weighted by atomic mass is 9.93. The van der Waals surface area contributed by atoms with Gasteiger partial charge in [0, 0.05) is 0 Å². The largest absolute Gasteiger partial charge is 0.166 e. The second-order valence-corrected chi connectivity index (χ2v) is 10.0. The molecule has 0 spiro atoms. The van der Waals surface area contributed by atoms with Crippen LogP contribution < -0.4 is 0 Å². The highest BCUT2D eigenvalue weighted by atomic mass is 32.1. The molecule has 1 heteroatoms. The number of rotatable bonds is 6. The smallest absolute Gasteiger partial charge is 0.0516 e. The summed E-state index contributed by atoms with van der Waals surface area (Å²) in [5.41, 5.74) is 12.2. The van der Waals surface area contributed by atoms with Crippen LogP contribution in [0.15, 0.2) is 158 Å². The predicted molar refractivity (Wildman–Crippen MR) is 165 cm³/mol. The van der Waals surface area contributed by atoms with Crippen LogP contribution in [0.1, 0.15) is 16.4 Å². The van der Waals surface area contributed by atoms with Gasteiger partial charge in [-0.15, -0.1) is 0 Å². The van der Waals surface area contributed by atoms with Crippen molar-refractivity contribution in [3.63, 3.8) is 0 Å². The van der Waals surface area contributed by atoms with Gasteiger partial charge in [0.2, 0.25) is 0 Å². The van der Waals surface area contributed by atoms with Crippen molar-refractivity contribution in [2.45, 2.75) is 5.25 Å². The van der Waals surface area contributed by atoms with Crippen molar-refractivity contribution in [3.8, 4) is 44.5 Å². The monoisotopic (exact) mass is 504 g/mol.